The molecule has 5 nitrogen and oxygen atoms in total. The lowest BCUT2D eigenvalue weighted by Crippen LogP contribution is -2.15. The molecule has 0 fully saturated rings. The second kappa shape index (κ2) is 5.47. The van der Waals surface area contributed by atoms with Crippen molar-refractivity contribution in [3.8, 4) is 0 Å². The van der Waals surface area contributed by atoms with Gasteiger partial charge in [-0.15, -0.1) is 0 Å². The highest BCUT2D eigenvalue weighted by Gasteiger charge is 2.26. The van der Waals surface area contributed by atoms with E-state index in [1.54, 1.807) is 38.1 Å². The van der Waals surface area contributed by atoms with Crippen molar-refractivity contribution in [1.82, 2.24) is 0 Å². The number of aliphatic hydroxyl groups excluding tert-OH is 1. The number of hydrogen-bond donors (Lipinski definition) is 2. The van der Waals surface area contributed by atoms with E-state index < -0.39 is 16.6 Å². The molecule has 1 aromatic heterocycles. The minimum absolute atomic E-state index is 0.0209. The first-order valence-electron chi connectivity index (χ1n) is 5.83. The van der Waals surface area contributed by atoms with Gasteiger partial charge >= 0.3 is 0 Å². The molecule has 1 aromatic carbocycles. The van der Waals surface area contributed by atoms with Crippen molar-refractivity contribution in [1.29, 1.82) is 0 Å². The van der Waals surface area contributed by atoms with E-state index in [0.29, 0.717) is 16.5 Å². The lowest BCUT2D eigenvalue weighted by molar-refractivity contribution is 0.276. The molecule has 0 radical (unpaired) electrons. The minimum atomic E-state index is -3.83. The number of benzene rings is 1. The van der Waals surface area contributed by atoms with Crippen molar-refractivity contribution in [3.63, 3.8) is 0 Å². The van der Waals surface area contributed by atoms with Crippen molar-refractivity contribution < 1.29 is 17.9 Å². The Labute approximate surface area is 122 Å². The molecule has 7 heteroatoms. The quantitative estimate of drug-likeness (QED) is 0.909. The van der Waals surface area contributed by atoms with E-state index in [4.69, 9.17) is 16.0 Å². The Balaban J connectivity index is 2.43. The largest absolute Gasteiger partial charge is 0.465 e. The molecular formula is C13H14ClNO4S. The highest BCUT2D eigenvalue weighted by atomic mass is 35.5. The summed E-state index contributed by atoms with van der Waals surface area (Å²) in [5, 5.41) is 9.82. The zero-order valence-corrected chi connectivity index (χ0v) is 12.5. The van der Waals surface area contributed by atoms with E-state index in [0.717, 1.165) is 0 Å². The normalized spacial score (nSPS) is 11.6. The average molecular weight is 316 g/mol. The zero-order valence-electron chi connectivity index (χ0n) is 11.0. The Bertz CT molecular complexity index is 720. The number of furan rings is 1. The summed E-state index contributed by atoms with van der Waals surface area (Å²) in [6, 6.07) is 6.28. The summed E-state index contributed by atoms with van der Waals surface area (Å²) in [5.74, 6) is 0.634. The molecule has 1 heterocycles. The summed E-state index contributed by atoms with van der Waals surface area (Å²) in [5.41, 5.74) is 0.653. The second-order valence-electron chi connectivity index (χ2n) is 4.29. The number of anilines is 1. The second-order valence-corrected chi connectivity index (χ2v) is 6.35. The summed E-state index contributed by atoms with van der Waals surface area (Å²) in [7, 11) is -3.83. The van der Waals surface area contributed by atoms with Crippen LogP contribution in [0.4, 0.5) is 5.69 Å². The van der Waals surface area contributed by atoms with Gasteiger partial charge in [0.25, 0.3) is 10.0 Å². The molecule has 0 spiro atoms. The van der Waals surface area contributed by atoms with Crippen LogP contribution in [-0.2, 0) is 16.6 Å². The predicted octanol–water partition coefficient (Wildman–Crippen LogP) is 2.84. The Morgan fingerprint density at radius 3 is 2.35 bits per heavy atom. The summed E-state index contributed by atoms with van der Waals surface area (Å²) in [4.78, 5) is -0.0209. The third-order valence-corrected chi connectivity index (χ3v) is 4.68. The lowest BCUT2D eigenvalue weighted by Gasteiger charge is -2.08. The molecule has 2 aromatic rings. The van der Waals surface area contributed by atoms with E-state index in [-0.39, 0.29) is 16.2 Å². The first-order chi connectivity index (χ1) is 9.35. The minimum Gasteiger partial charge on any atom is -0.465 e. The van der Waals surface area contributed by atoms with Crippen molar-refractivity contribution in [3.05, 3.63) is 46.4 Å². The molecule has 0 bridgehead atoms. The van der Waals surface area contributed by atoms with Crippen LogP contribution >= 0.6 is 11.6 Å². The SMILES string of the molecule is Cc1oc(C)c(S(=O)(=O)Nc2ccc(Cl)cc2)c1CO. The van der Waals surface area contributed by atoms with E-state index in [1.165, 1.54) is 0 Å². The maximum absolute atomic E-state index is 12.4. The monoisotopic (exact) mass is 315 g/mol. The van der Waals surface area contributed by atoms with Gasteiger partial charge in [-0.1, -0.05) is 11.6 Å². The first-order valence-corrected chi connectivity index (χ1v) is 7.69. The van der Waals surface area contributed by atoms with Crippen LogP contribution in [0, 0.1) is 13.8 Å². The van der Waals surface area contributed by atoms with Crippen LogP contribution in [0.3, 0.4) is 0 Å². The summed E-state index contributed by atoms with van der Waals surface area (Å²) in [6.45, 7) is 2.75. The molecule has 0 aliphatic heterocycles. The van der Waals surface area contributed by atoms with Crippen LogP contribution in [0.15, 0.2) is 33.6 Å². The molecule has 0 aliphatic rings. The molecule has 0 saturated heterocycles. The fourth-order valence-corrected chi connectivity index (χ4v) is 3.60. The molecule has 0 amide bonds. The number of aryl methyl sites for hydroxylation is 2. The van der Waals surface area contributed by atoms with Gasteiger partial charge in [-0.05, 0) is 38.1 Å². The number of halogens is 1. The van der Waals surface area contributed by atoms with Gasteiger partial charge in [-0.25, -0.2) is 8.42 Å². The highest BCUT2D eigenvalue weighted by Crippen LogP contribution is 2.28. The molecule has 2 rings (SSSR count). The van der Waals surface area contributed by atoms with Crippen LogP contribution in [0.5, 0.6) is 0 Å². The molecule has 0 saturated carbocycles. The third kappa shape index (κ3) is 2.82. The summed E-state index contributed by atoms with van der Waals surface area (Å²) < 4.78 is 32.5. The lowest BCUT2D eigenvalue weighted by atomic mass is 10.2. The number of aliphatic hydroxyl groups is 1. The number of hydrogen-bond acceptors (Lipinski definition) is 4. The van der Waals surface area contributed by atoms with Gasteiger partial charge in [0.05, 0.1) is 6.61 Å². The molecule has 0 unspecified atom stereocenters. The molecule has 20 heavy (non-hydrogen) atoms. The number of sulfonamides is 1. The third-order valence-electron chi connectivity index (χ3n) is 2.85. The van der Waals surface area contributed by atoms with Crippen LogP contribution in [0.2, 0.25) is 5.02 Å². The van der Waals surface area contributed by atoms with Gasteiger partial charge in [-0.2, -0.15) is 0 Å². The topological polar surface area (TPSA) is 79.5 Å². The Hall–Kier alpha value is -1.50. The van der Waals surface area contributed by atoms with Crippen molar-refractivity contribution >= 4 is 27.3 Å². The van der Waals surface area contributed by atoms with Crippen molar-refractivity contribution in [2.45, 2.75) is 25.3 Å². The van der Waals surface area contributed by atoms with Gasteiger partial charge in [0, 0.05) is 16.3 Å². The Morgan fingerprint density at radius 2 is 1.80 bits per heavy atom. The molecular weight excluding hydrogens is 302 g/mol. The maximum Gasteiger partial charge on any atom is 0.265 e. The van der Waals surface area contributed by atoms with Crippen LogP contribution in [0.25, 0.3) is 0 Å². The smallest absolute Gasteiger partial charge is 0.265 e. The summed E-state index contributed by atoms with van der Waals surface area (Å²) in [6.07, 6.45) is 0. The Kier molecular flexibility index (Phi) is 4.08. The van der Waals surface area contributed by atoms with Crippen LogP contribution in [-0.4, -0.2) is 13.5 Å². The fourth-order valence-electron chi connectivity index (χ4n) is 1.97. The van der Waals surface area contributed by atoms with Gasteiger partial charge < -0.3 is 9.52 Å². The van der Waals surface area contributed by atoms with Crippen molar-refractivity contribution in [2.75, 3.05) is 4.72 Å². The molecule has 108 valence electrons. The van der Waals surface area contributed by atoms with Crippen molar-refractivity contribution in [2.24, 2.45) is 0 Å². The van der Waals surface area contributed by atoms with Crippen LogP contribution < -0.4 is 4.72 Å². The fraction of sp³-hybridized carbons (Fsp3) is 0.231. The van der Waals surface area contributed by atoms with Gasteiger partial charge in [-0.3, -0.25) is 4.72 Å². The predicted molar refractivity (Wildman–Crippen MR) is 76.4 cm³/mol. The van der Waals surface area contributed by atoms with Gasteiger partial charge in [0.2, 0.25) is 0 Å². The highest BCUT2D eigenvalue weighted by molar-refractivity contribution is 7.92. The van der Waals surface area contributed by atoms with Crippen LogP contribution in [0.1, 0.15) is 17.1 Å². The summed E-state index contributed by atoms with van der Waals surface area (Å²) >= 11 is 5.75. The average Bonchev–Trinajstić information content (AvgIpc) is 2.66. The van der Waals surface area contributed by atoms with E-state index >= 15 is 0 Å². The maximum atomic E-state index is 12.4. The van der Waals surface area contributed by atoms with Gasteiger partial charge in [0.1, 0.15) is 16.4 Å². The Morgan fingerprint density at radius 1 is 1.20 bits per heavy atom. The number of rotatable bonds is 4. The van der Waals surface area contributed by atoms with E-state index in [1.807, 2.05) is 0 Å². The van der Waals surface area contributed by atoms with E-state index in [2.05, 4.69) is 4.72 Å². The van der Waals surface area contributed by atoms with Gasteiger partial charge in [0.15, 0.2) is 0 Å². The standard InChI is InChI=1S/C13H14ClNO4S/c1-8-12(7-16)13(9(2)19-8)20(17,18)15-11-5-3-10(14)4-6-11/h3-6,15-16H,7H2,1-2H3. The zero-order chi connectivity index (χ0) is 14.9. The first kappa shape index (κ1) is 14.9. The molecule has 2 N–H and O–H groups in total. The molecule has 0 atom stereocenters. The number of nitrogens with one attached hydrogen (secondary N) is 1. The van der Waals surface area contributed by atoms with E-state index in [9.17, 15) is 13.5 Å². The molecule has 0 aliphatic carbocycles.